The molecule has 2 unspecified atom stereocenters. The third-order valence-corrected chi connectivity index (χ3v) is 4.20. The molecular formula is C15H19ClN2O3. The number of nitrogens with one attached hydrogen (secondary N) is 2. The lowest BCUT2D eigenvalue weighted by molar-refractivity contribution is -0.143. The van der Waals surface area contributed by atoms with Crippen LogP contribution in [-0.4, -0.2) is 23.1 Å². The molecule has 0 radical (unpaired) electrons. The highest BCUT2D eigenvalue weighted by Crippen LogP contribution is 2.25. The normalized spacial score (nSPS) is 21.6. The molecule has 2 amide bonds. The first-order chi connectivity index (χ1) is 9.95. The molecule has 1 aliphatic carbocycles. The van der Waals surface area contributed by atoms with Gasteiger partial charge >= 0.3 is 12.0 Å². The molecule has 1 aromatic carbocycles. The minimum atomic E-state index is -0.785. The topological polar surface area (TPSA) is 78.4 Å². The minimum absolute atomic E-state index is 0.0965. The Morgan fingerprint density at radius 2 is 2.10 bits per heavy atom. The predicted molar refractivity (Wildman–Crippen MR) is 81.7 cm³/mol. The van der Waals surface area contributed by atoms with E-state index in [0.29, 0.717) is 23.6 Å². The van der Waals surface area contributed by atoms with Crippen molar-refractivity contribution < 1.29 is 14.7 Å². The van der Waals surface area contributed by atoms with E-state index in [9.17, 15) is 9.59 Å². The maximum absolute atomic E-state index is 11.9. The molecule has 5 nitrogen and oxygen atoms in total. The van der Waals surface area contributed by atoms with Gasteiger partial charge in [0.1, 0.15) is 0 Å². The Labute approximate surface area is 128 Å². The quantitative estimate of drug-likeness (QED) is 0.800. The fourth-order valence-corrected chi connectivity index (χ4v) is 2.75. The first kappa shape index (κ1) is 15.6. The van der Waals surface area contributed by atoms with Gasteiger partial charge in [-0.1, -0.05) is 24.1 Å². The molecule has 114 valence electrons. The van der Waals surface area contributed by atoms with Crippen LogP contribution in [0, 0.1) is 12.8 Å². The zero-order valence-electron chi connectivity index (χ0n) is 11.9. The van der Waals surface area contributed by atoms with Gasteiger partial charge in [-0.3, -0.25) is 4.79 Å². The van der Waals surface area contributed by atoms with Crippen molar-refractivity contribution in [2.24, 2.45) is 5.92 Å². The number of aryl methyl sites for hydroxylation is 1. The Morgan fingerprint density at radius 3 is 2.76 bits per heavy atom. The Morgan fingerprint density at radius 1 is 1.33 bits per heavy atom. The van der Waals surface area contributed by atoms with Gasteiger partial charge in [0.15, 0.2) is 0 Å². The van der Waals surface area contributed by atoms with Gasteiger partial charge < -0.3 is 15.7 Å². The lowest BCUT2D eigenvalue weighted by Crippen LogP contribution is -2.42. The number of urea groups is 1. The second-order valence-corrected chi connectivity index (χ2v) is 5.87. The molecule has 1 aromatic rings. The second kappa shape index (κ2) is 6.80. The van der Waals surface area contributed by atoms with Crippen molar-refractivity contribution in [3.63, 3.8) is 0 Å². The number of anilines is 1. The summed E-state index contributed by atoms with van der Waals surface area (Å²) in [5.41, 5.74) is 1.56. The summed E-state index contributed by atoms with van der Waals surface area (Å²) in [7, 11) is 0. The third-order valence-electron chi connectivity index (χ3n) is 3.79. The van der Waals surface area contributed by atoms with E-state index in [4.69, 9.17) is 16.7 Å². The number of hydrogen-bond acceptors (Lipinski definition) is 2. The molecule has 1 aliphatic rings. The maximum Gasteiger partial charge on any atom is 0.319 e. The number of carboxylic acids is 1. The summed E-state index contributed by atoms with van der Waals surface area (Å²) in [5.74, 6) is -1.15. The van der Waals surface area contributed by atoms with Crippen LogP contribution < -0.4 is 10.6 Å². The van der Waals surface area contributed by atoms with Crippen LogP contribution in [0.25, 0.3) is 0 Å². The van der Waals surface area contributed by atoms with Gasteiger partial charge in [-0.25, -0.2) is 4.79 Å². The van der Waals surface area contributed by atoms with Gasteiger partial charge in [0.05, 0.1) is 5.92 Å². The lowest BCUT2D eigenvalue weighted by Gasteiger charge is -2.27. The van der Waals surface area contributed by atoms with Crippen LogP contribution in [0.1, 0.15) is 31.2 Å². The van der Waals surface area contributed by atoms with E-state index >= 15 is 0 Å². The number of aliphatic carboxylic acids is 1. The smallest absolute Gasteiger partial charge is 0.319 e. The molecule has 0 bridgehead atoms. The Kier molecular flexibility index (Phi) is 5.07. The van der Waals surface area contributed by atoms with Gasteiger partial charge in [-0.2, -0.15) is 0 Å². The minimum Gasteiger partial charge on any atom is -0.481 e. The van der Waals surface area contributed by atoms with Crippen LogP contribution in [0.2, 0.25) is 5.02 Å². The molecule has 0 aromatic heterocycles. The molecule has 2 rings (SSSR count). The average molecular weight is 311 g/mol. The van der Waals surface area contributed by atoms with Crippen molar-refractivity contribution in [1.29, 1.82) is 0 Å². The summed E-state index contributed by atoms with van der Waals surface area (Å²) in [5, 5.41) is 15.2. The SMILES string of the molecule is Cc1ccc(NC(=O)NC2CCCC(C(=O)O)C2)cc1Cl. The van der Waals surface area contributed by atoms with Crippen LogP contribution in [-0.2, 0) is 4.79 Å². The number of carbonyl (C=O) groups excluding carboxylic acids is 1. The van der Waals surface area contributed by atoms with E-state index in [0.717, 1.165) is 18.4 Å². The molecule has 0 aliphatic heterocycles. The van der Waals surface area contributed by atoms with Gasteiger partial charge in [0.25, 0.3) is 0 Å². The second-order valence-electron chi connectivity index (χ2n) is 5.46. The van der Waals surface area contributed by atoms with E-state index in [1.807, 2.05) is 13.0 Å². The summed E-state index contributed by atoms with van der Waals surface area (Å²) in [6.45, 7) is 1.89. The van der Waals surface area contributed by atoms with Crippen LogP contribution >= 0.6 is 11.6 Å². The summed E-state index contributed by atoms with van der Waals surface area (Å²) < 4.78 is 0. The van der Waals surface area contributed by atoms with Gasteiger partial charge in [-0.05, 0) is 43.9 Å². The largest absolute Gasteiger partial charge is 0.481 e. The maximum atomic E-state index is 11.9. The van der Waals surface area contributed by atoms with Gasteiger partial charge in [-0.15, -0.1) is 0 Å². The summed E-state index contributed by atoms with van der Waals surface area (Å²) >= 11 is 6.01. The number of benzene rings is 1. The number of amides is 2. The highest BCUT2D eigenvalue weighted by molar-refractivity contribution is 6.31. The van der Waals surface area contributed by atoms with E-state index in [1.54, 1.807) is 12.1 Å². The molecule has 0 heterocycles. The summed E-state index contributed by atoms with van der Waals surface area (Å²) in [4.78, 5) is 22.9. The van der Waals surface area contributed by atoms with Crippen molar-refractivity contribution in [3.05, 3.63) is 28.8 Å². The first-order valence-electron chi connectivity index (χ1n) is 7.02. The number of halogens is 1. The van der Waals surface area contributed by atoms with Gasteiger partial charge in [0.2, 0.25) is 0 Å². The number of carboxylic acid groups (broad SMARTS) is 1. The van der Waals surface area contributed by atoms with E-state index in [2.05, 4.69) is 10.6 Å². The zero-order valence-corrected chi connectivity index (χ0v) is 12.6. The third kappa shape index (κ3) is 4.36. The van der Waals surface area contributed by atoms with Gasteiger partial charge in [0, 0.05) is 16.8 Å². The fourth-order valence-electron chi connectivity index (χ4n) is 2.57. The average Bonchev–Trinajstić information content (AvgIpc) is 2.43. The summed E-state index contributed by atoms with van der Waals surface area (Å²) in [6, 6.07) is 4.88. The molecule has 1 fully saturated rings. The van der Waals surface area contributed by atoms with Crippen molar-refractivity contribution in [2.45, 2.75) is 38.6 Å². The van der Waals surface area contributed by atoms with E-state index < -0.39 is 5.97 Å². The highest BCUT2D eigenvalue weighted by atomic mass is 35.5. The van der Waals surface area contributed by atoms with Crippen LogP contribution in [0.15, 0.2) is 18.2 Å². The monoisotopic (exact) mass is 310 g/mol. The van der Waals surface area contributed by atoms with Crippen LogP contribution in [0.3, 0.4) is 0 Å². The number of hydrogen-bond donors (Lipinski definition) is 3. The Bertz CT molecular complexity index is 548. The highest BCUT2D eigenvalue weighted by Gasteiger charge is 2.27. The predicted octanol–water partition coefficient (Wildman–Crippen LogP) is 3.41. The lowest BCUT2D eigenvalue weighted by atomic mass is 9.86. The van der Waals surface area contributed by atoms with Crippen molar-refractivity contribution in [1.82, 2.24) is 5.32 Å². The van der Waals surface area contributed by atoms with E-state index in [1.165, 1.54) is 0 Å². The Hall–Kier alpha value is -1.75. The number of carbonyl (C=O) groups is 2. The molecule has 1 saturated carbocycles. The van der Waals surface area contributed by atoms with E-state index in [-0.39, 0.29) is 18.0 Å². The number of rotatable bonds is 3. The molecule has 3 N–H and O–H groups in total. The molecule has 2 atom stereocenters. The van der Waals surface area contributed by atoms with Crippen molar-refractivity contribution in [3.8, 4) is 0 Å². The molecule has 0 saturated heterocycles. The van der Waals surface area contributed by atoms with Crippen molar-refractivity contribution >= 4 is 29.3 Å². The van der Waals surface area contributed by atoms with Crippen LogP contribution in [0.4, 0.5) is 10.5 Å². The van der Waals surface area contributed by atoms with Crippen LogP contribution in [0.5, 0.6) is 0 Å². The molecular weight excluding hydrogens is 292 g/mol. The fraction of sp³-hybridized carbons (Fsp3) is 0.467. The first-order valence-corrected chi connectivity index (χ1v) is 7.40. The molecule has 21 heavy (non-hydrogen) atoms. The molecule has 6 heteroatoms. The standard InChI is InChI=1S/C15H19ClN2O3/c1-9-5-6-12(8-13(9)16)18-15(21)17-11-4-2-3-10(7-11)14(19)20/h5-6,8,10-11H,2-4,7H2,1H3,(H,19,20)(H2,17,18,21). The van der Waals surface area contributed by atoms with Crippen molar-refractivity contribution in [2.75, 3.05) is 5.32 Å². The summed E-state index contributed by atoms with van der Waals surface area (Å²) in [6.07, 6.45) is 2.80. The zero-order chi connectivity index (χ0) is 15.4. The Balaban J connectivity index is 1.89. The molecule has 0 spiro atoms.